The third kappa shape index (κ3) is 3.95. The van der Waals surface area contributed by atoms with Gasteiger partial charge in [0, 0.05) is 31.9 Å². The number of aromatic nitrogens is 6. The molecule has 1 aliphatic heterocycles. The average molecular weight is 430 g/mol. The molecule has 2 atom stereocenters. The van der Waals surface area contributed by atoms with E-state index < -0.39 is 0 Å². The summed E-state index contributed by atoms with van der Waals surface area (Å²) in [4.78, 5) is 23.0. The Balaban J connectivity index is 1.64. The van der Waals surface area contributed by atoms with Crippen molar-refractivity contribution in [1.82, 2.24) is 34.8 Å². The molecule has 0 bridgehead atoms. The van der Waals surface area contributed by atoms with Crippen molar-refractivity contribution in [2.24, 2.45) is 5.92 Å². The average Bonchev–Trinajstić information content (AvgIpc) is 3.35. The summed E-state index contributed by atoms with van der Waals surface area (Å²) in [6.45, 7) is 9.79. The Hall–Kier alpha value is -3.14. The van der Waals surface area contributed by atoms with Crippen LogP contribution in [0.5, 0.6) is 0 Å². The SMILES string of the molecule is C=CC(=O)N1CC[C@@H](C)[C@@H](Nc2nc(Nc3cnn(CC)c3)nc3n[nH]c(Cl)c23)C1. The summed E-state index contributed by atoms with van der Waals surface area (Å²) >= 11 is 6.32. The minimum Gasteiger partial charge on any atom is -0.364 e. The monoisotopic (exact) mass is 429 g/mol. The number of aromatic amines is 1. The molecule has 11 heteroatoms. The molecule has 1 saturated heterocycles. The van der Waals surface area contributed by atoms with E-state index in [4.69, 9.17) is 11.6 Å². The summed E-state index contributed by atoms with van der Waals surface area (Å²) in [5.41, 5.74) is 1.22. The second-order valence-electron chi connectivity index (χ2n) is 7.35. The van der Waals surface area contributed by atoms with Crippen LogP contribution in [0.2, 0.25) is 5.15 Å². The van der Waals surface area contributed by atoms with E-state index in [1.165, 1.54) is 6.08 Å². The van der Waals surface area contributed by atoms with Crippen molar-refractivity contribution in [3.05, 3.63) is 30.2 Å². The molecule has 158 valence electrons. The Morgan fingerprint density at radius 1 is 1.47 bits per heavy atom. The van der Waals surface area contributed by atoms with Gasteiger partial charge in [-0.3, -0.25) is 14.6 Å². The number of H-pyrrole nitrogens is 1. The van der Waals surface area contributed by atoms with Gasteiger partial charge in [0.1, 0.15) is 16.4 Å². The van der Waals surface area contributed by atoms with Crippen LogP contribution in [-0.4, -0.2) is 59.9 Å². The fourth-order valence-corrected chi connectivity index (χ4v) is 3.76. The highest BCUT2D eigenvalue weighted by atomic mass is 35.5. The maximum absolute atomic E-state index is 12.1. The van der Waals surface area contributed by atoms with Crippen molar-refractivity contribution in [3.63, 3.8) is 0 Å². The zero-order valence-corrected chi connectivity index (χ0v) is 17.6. The number of amides is 1. The normalized spacial score (nSPS) is 19.1. The smallest absolute Gasteiger partial charge is 0.246 e. The number of likely N-dealkylation sites (tertiary alicyclic amines) is 1. The third-order valence-electron chi connectivity index (χ3n) is 5.35. The molecule has 3 aromatic heterocycles. The van der Waals surface area contributed by atoms with E-state index in [1.807, 2.05) is 13.1 Å². The molecule has 0 aliphatic carbocycles. The van der Waals surface area contributed by atoms with E-state index in [0.29, 0.717) is 47.0 Å². The van der Waals surface area contributed by atoms with Crippen LogP contribution in [0.15, 0.2) is 25.0 Å². The van der Waals surface area contributed by atoms with E-state index in [-0.39, 0.29) is 11.9 Å². The summed E-state index contributed by atoms with van der Waals surface area (Å²) in [6, 6.07) is 0.00223. The summed E-state index contributed by atoms with van der Waals surface area (Å²) in [5, 5.41) is 18.8. The van der Waals surface area contributed by atoms with Gasteiger partial charge in [0.15, 0.2) is 5.65 Å². The van der Waals surface area contributed by atoms with Gasteiger partial charge in [0.05, 0.1) is 11.9 Å². The first-order valence-electron chi connectivity index (χ1n) is 9.87. The Labute approximate surface area is 178 Å². The summed E-state index contributed by atoms with van der Waals surface area (Å²) in [6.07, 6.45) is 5.82. The minimum atomic E-state index is -0.0711. The van der Waals surface area contributed by atoms with Gasteiger partial charge >= 0.3 is 0 Å². The molecule has 0 spiro atoms. The van der Waals surface area contributed by atoms with Crippen LogP contribution in [0.25, 0.3) is 11.0 Å². The van der Waals surface area contributed by atoms with E-state index >= 15 is 0 Å². The lowest BCUT2D eigenvalue weighted by Crippen LogP contribution is -2.48. The molecular formula is C19H24ClN9O. The standard InChI is InChI=1S/C19H24ClN9O/c1-4-14(30)28-7-6-11(3)13(10-28)23-17-15-16(20)26-27-18(15)25-19(24-17)22-12-8-21-29(5-2)9-12/h4,8-9,11,13H,1,5-7,10H2,2-3H3,(H3,22,23,24,25,26,27)/t11-,13+/m1/s1. The lowest BCUT2D eigenvalue weighted by atomic mass is 9.93. The Kier molecular flexibility index (Phi) is 5.58. The van der Waals surface area contributed by atoms with Crippen LogP contribution in [0.4, 0.5) is 17.5 Å². The van der Waals surface area contributed by atoms with Crippen molar-refractivity contribution in [1.29, 1.82) is 0 Å². The fraction of sp³-hybridized carbons (Fsp3) is 0.421. The minimum absolute atomic E-state index is 0.00223. The molecule has 3 N–H and O–H groups in total. The van der Waals surface area contributed by atoms with E-state index in [0.717, 1.165) is 18.7 Å². The Bertz CT molecular complexity index is 1080. The number of nitrogens with one attached hydrogen (secondary N) is 3. The van der Waals surface area contributed by atoms with Gasteiger partial charge < -0.3 is 15.5 Å². The first kappa shape index (κ1) is 20.1. The van der Waals surface area contributed by atoms with Gasteiger partial charge in [0.2, 0.25) is 11.9 Å². The predicted octanol–water partition coefficient (Wildman–Crippen LogP) is 2.80. The molecule has 1 aliphatic rings. The number of aryl methyl sites for hydroxylation is 1. The Morgan fingerprint density at radius 2 is 2.30 bits per heavy atom. The summed E-state index contributed by atoms with van der Waals surface area (Å²) in [7, 11) is 0. The lowest BCUT2D eigenvalue weighted by molar-refractivity contribution is -0.127. The zero-order valence-electron chi connectivity index (χ0n) is 16.9. The lowest BCUT2D eigenvalue weighted by Gasteiger charge is -2.37. The number of carbonyl (C=O) groups excluding carboxylic acids is 1. The van der Waals surface area contributed by atoms with Crippen molar-refractivity contribution in [2.45, 2.75) is 32.9 Å². The highest BCUT2D eigenvalue weighted by Gasteiger charge is 2.29. The maximum atomic E-state index is 12.1. The van der Waals surface area contributed by atoms with Crippen LogP contribution < -0.4 is 10.6 Å². The van der Waals surface area contributed by atoms with E-state index in [9.17, 15) is 4.79 Å². The summed E-state index contributed by atoms with van der Waals surface area (Å²) in [5.74, 6) is 1.21. The molecule has 30 heavy (non-hydrogen) atoms. The first-order chi connectivity index (χ1) is 14.5. The van der Waals surface area contributed by atoms with E-state index in [1.54, 1.807) is 15.8 Å². The van der Waals surface area contributed by atoms with Gasteiger partial charge in [-0.25, -0.2) is 0 Å². The molecule has 10 nitrogen and oxygen atoms in total. The number of anilines is 3. The van der Waals surface area contributed by atoms with Crippen LogP contribution >= 0.6 is 11.6 Å². The Morgan fingerprint density at radius 3 is 3.03 bits per heavy atom. The van der Waals surface area contributed by atoms with Gasteiger partial charge in [-0.15, -0.1) is 0 Å². The van der Waals surface area contributed by atoms with E-state index in [2.05, 4.69) is 49.4 Å². The number of piperidine rings is 1. The summed E-state index contributed by atoms with van der Waals surface area (Å²) < 4.78 is 1.81. The quantitative estimate of drug-likeness (QED) is 0.516. The second kappa shape index (κ2) is 8.31. The van der Waals surface area contributed by atoms with Gasteiger partial charge in [-0.1, -0.05) is 25.1 Å². The number of carbonyl (C=O) groups is 1. The largest absolute Gasteiger partial charge is 0.364 e. The predicted molar refractivity (Wildman–Crippen MR) is 116 cm³/mol. The molecule has 0 unspecified atom stereocenters. The first-order valence-corrected chi connectivity index (χ1v) is 10.2. The van der Waals surface area contributed by atoms with Crippen LogP contribution in [0.1, 0.15) is 20.3 Å². The highest BCUT2D eigenvalue weighted by Crippen LogP contribution is 2.30. The number of nitrogens with zero attached hydrogens (tertiary/aromatic N) is 6. The molecule has 4 heterocycles. The van der Waals surface area contributed by atoms with Crippen molar-refractivity contribution < 1.29 is 4.79 Å². The van der Waals surface area contributed by atoms with Crippen LogP contribution in [0.3, 0.4) is 0 Å². The third-order valence-corrected chi connectivity index (χ3v) is 5.62. The topological polar surface area (TPSA) is 117 Å². The number of halogens is 1. The van der Waals surface area contributed by atoms with Crippen LogP contribution in [-0.2, 0) is 11.3 Å². The molecule has 4 rings (SSSR count). The molecule has 0 radical (unpaired) electrons. The van der Waals surface area contributed by atoms with Crippen molar-refractivity contribution >= 4 is 46.0 Å². The molecule has 0 saturated carbocycles. The maximum Gasteiger partial charge on any atom is 0.246 e. The fourth-order valence-electron chi connectivity index (χ4n) is 3.54. The number of rotatable bonds is 6. The van der Waals surface area contributed by atoms with Crippen LogP contribution in [0, 0.1) is 5.92 Å². The van der Waals surface area contributed by atoms with Crippen molar-refractivity contribution in [2.75, 3.05) is 23.7 Å². The molecule has 0 aromatic carbocycles. The number of hydrogen-bond donors (Lipinski definition) is 3. The molecule has 1 fully saturated rings. The van der Waals surface area contributed by atoms with Gasteiger partial charge in [-0.2, -0.15) is 20.2 Å². The van der Waals surface area contributed by atoms with Crippen molar-refractivity contribution in [3.8, 4) is 0 Å². The molecule has 1 amide bonds. The number of fused-ring (bicyclic) bond motifs is 1. The van der Waals surface area contributed by atoms with Gasteiger partial charge in [0.25, 0.3) is 0 Å². The molecular weight excluding hydrogens is 406 g/mol. The highest BCUT2D eigenvalue weighted by molar-refractivity contribution is 6.35. The second-order valence-corrected chi connectivity index (χ2v) is 7.72. The molecule has 3 aromatic rings. The zero-order chi connectivity index (χ0) is 21.3. The number of hydrogen-bond acceptors (Lipinski definition) is 7. The van der Waals surface area contributed by atoms with Gasteiger partial charge in [-0.05, 0) is 25.3 Å².